The highest BCUT2D eigenvalue weighted by Crippen LogP contribution is 2.33. The minimum Gasteiger partial charge on any atom is -0.497 e. The monoisotopic (exact) mass is 798 g/mol. The Morgan fingerprint density at radius 2 is 0.645 bits per heavy atom. The normalized spacial score (nSPS) is 12.1. The first kappa shape index (κ1) is 39.5. The molecule has 62 heavy (non-hydrogen) atoms. The van der Waals surface area contributed by atoms with Gasteiger partial charge in [0, 0.05) is 0 Å². The summed E-state index contributed by atoms with van der Waals surface area (Å²) >= 11 is 0. The summed E-state index contributed by atoms with van der Waals surface area (Å²) < 4.78 is 11.0. The second kappa shape index (κ2) is 18.5. The first-order chi connectivity index (χ1) is 30.6. The Balaban J connectivity index is 0.984. The largest absolute Gasteiger partial charge is 0.497 e. The van der Waals surface area contributed by atoms with Crippen LogP contribution in [-0.2, 0) is 0 Å². The Kier molecular flexibility index (Phi) is 11.8. The van der Waals surface area contributed by atoms with Crippen molar-refractivity contribution in [1.29, 1.82) is 0 Å². The van der Waals surface area contributed by atoms with Gasteiger partial charge in [-0.1, -0.05) is 194 Å². The number of ether oxygens (including phenoxy) is 2. The Labute approximate surface area is 364 Å². The maximum atomic E-state index is 5.49. The van der Waals surface area contributed by atoms with E-state index in [9.17, 15) is 0 Å². The first-order valence-corrected chi connectivity index (χ1v) is 21.0. The highest BCUT2D eigenvalue weighted by atomic mass is 16.5. The summed E-state index contributed by atoms with van der Waals surface area (Å²) in [6.07, 6.45) is 13.4. The molecule has 298 valence electrons. The summed E-state index contributed by atoms with van der Waals surface area (Å²) in [6, 6.07) is 72.9. The van der Waals surface area contributed by atoms with E-state index in [1.54, 1.807) is 14.2 Å². The molecule has 2 nitrogen and oxygen atoms in total. The molecule has 2 heteroatoms. The topological polar surface area (TPSA) is 18.5 Å². The van der Waals surface area contributed by atoms with Crippen LogP contribution in [0.15, 0.2) is 206 Å². The van der Waals surface area contributed by atoms with Crippen molar-refractivity contribution in [3.8, 4) is 11.5 Å². The van der Waals surface area contributed by atoms with Gasteiger partial charge in [0.25, 0.3) is 0 Å². The molecule has 0 fully saturated rings. The Morgan fingerprint density at radius 3 is 1.03 bits per heavy atom. The zero-order valence-corrected chi connectivity index (χ0v) is 34.9. The van der Waals surface area contributed by atoms with Crippen molar-refractivity contribution in [2.45, 2.75) is 0 Å². The van der Waals surface area contributed by atoms with Gasteiger partial charge in [-0.25, -0.2) is 0 Å². The van der Waals surface area contributed by atoms with E-state index in [1.807, 2.05) is 24.3 Å². The molecule has 0 bridgehead atoms. The molecular weight excluding hydrogens is 753 g/mol. The van der Waals surface area contributed by atoms with E-state index in [0.29, 0.717) is 0 Å². The van der Waals surface area contributed by atoms with Crippen molar-refractivity contribution in [3.05, 3.63) is 262 Å². The zero-order valence-electron chi connectivity index (χ0n) is 34.9. The van der Waals surface area contributed by atoms with Crippen LogP contribution in [0.2, 0.25) is 0 Å². The van der Waals surface area contributed by atoms with Crippen LogP contribution in [0.3, 0.4) is 0 Å². The van der Waals surface area contributed by atoms with Gasteiger partial charge in [-0.15, -0.1) is 0 Å². The zero-order chi connectivity index (χ0) is 42.1. The van der Waals surface area contributed by atoms with Gasteiger partial charge < -0.3 is 9.47 Å². The third kappa shape index (κ3) is 9.11. The lowest BCUT2D eigenvalue weighted by atomic mass is 9.92. The Morgan fingerprint density at radius 1 is 0.306 bits per heavy atom. The van der Waals surface area contributed by atoms with Crippen molar-refractivity contribution in [3.63, 3.8) is 0 Å². The smallest absolute Gasteiger partial charge is 0.118 e. The molecule has 0 saturated carbocycles. The molecule has 9 rings (SSSR count). The van der Waals surface area contributed by atoms with Gasteiger partial charge in [0.2, 0.25) is 0 Å². The molecule has 0 heterocycles. The van der Waals surface area contributed by atoms with Crippen molar-refractivity contribution >= 4 is 69.1 Å². The molecule has 0 aromatic heterocycles. The highest BCUT2D eigenvalue weighted by molar-refractivity contribution is 5.98. The second-order valence-corrected chi connectivity index (χ2v) is 15.3. The molecule has 0 aliphatic carbocycles. The first-order valence-electron chi connectivity index (χ1n) is 21.0. The molecule has 0 amide bonds. The lowest BCUT2D eigenvalue weighted by Gasteiger charge is -2.12. The summed E-state index contributed by atoms with van der Waals surface area (Å²) in [4.78, 5) is 0. The lowest BCUT2D eigenvalue weighted by Crippen LogP contribution is -1.91. The fourth-order valence-corrected chi connectivity index (χ4v) is 7.91. The van der Waals surface area contributed by atoms with E-state index in [0.717, 1.165) is 78.3 Å². The fraction of sp³-hybridized carbons (Fsp3) is 0.0333. The second-order valence-electron chi connectivity index (χ2n) is 15.3. The van der Waals surface area contributed by atoms with Crippen LogP contribution in [0, 0.1) is 0 Å². The van der Waals surface area contributed by atoms with Crippen LogP contribution < -0.4 is 9.47 Å². The maximum absolute atomic E-state index is 5.49. The molecule has 9 aromatic rings. The van der Waals surface area contributed by atoms with Gasteiger partial charge in [-0.3, -0.25) is 0 Å². The van der Waals surface area contributed by atoms with E-state index in [1.165, 1.54) is 21.5 Å². The molecule has 0 aliphatic rings. The predicted octanol–water partition coefficient (Wildman–Crippen LogP) is 15.5. The summed E-state index contributed by atoms with van der Waals surface area (Å²) in [5, 5.41) is 4.88. The number of methoxy groups -OCH3 is 2. The minimum absolute atomic E-state index is 0.839. The average molecular weight is 799 g/mol. The Hall–Kier alpha value is -7.94. The quantitative estimate of drug-likeness (QED) is 0.115. The molecule has 0 spiro atoms. The van der Waals surface area contributed by atoms with Gasteiger partial charge >= 0.3 is 0 Å². The number of rotatable bonds is 12. The molecule has 0 saturated heterocycles. The summed E-state index contributed by atoms with van der Waals surface area (Å²) in [5.74, 6) is 1.68. The van der Waals surface area contributed by atoms with Gasteiger partial charge in [-0.2, -0.15) is 0 Å². The van der Waals surface area contributed by atoms with Crippen LogP contribution in [0.4, 0.5) is 0 Å². The molecule has 0 atom stereocenters. The summed E-state index contributed by atoms with van der Waals surface area (Å²) in [7, 11) is 3.41. The Bertz CT molecular complexity index is 2890. The van der Waals surface area contributed by atoms with E-state index in [4.69, 9.17) is 9.47 Å². The third-order valence-electron chi connectivity index (χ3n) is 11.4. The third-order valence-corrected chi connectivity index (χ3v) is 11.4. The molecule has 0 N–H and O–H groups in total. The van der Waals surface area contributed by atoms with Crippen LogP contribution in [-0.4, -0.2) is 14.2 Å². The van der Waals surface area contributed by atoms with Crippen molar-refractivity contribution in [2.75, 3.05) is 14.2 Å². The van der Waals surface area contributed by atoms with Crippen molar-refractivity contribution < 1.29 is 9.47 Å². The van der Waals surface area contributed by atoms with Crippen molar-refractivity contribution in [1.82, 2.24) is 0 Å². The minimum atomic E-state index is 0.839. The lowest BCUT2D eigenvalue weighted by molar-refractivity contribution is 0.414. The van der Waals surface area contributed by atoms with Gasteiger partial charge in [0.15, 0.2) is 0 Å². The van der Waals surface area contributed by atoms with Gasteiger partial charge in [-0.05, 0) is 137 Å². The van der Waals surface area contributed by atoms with E-state index in [-0.39, 0.29) is 0 Å². The van der Waals surface area contributed by atoms with Gasteiger partial charge in [0.1, 0.15) is 11.5 Å². The van der Waals surface area contributed by atoms with E-state index in [2.05, 4.69) is 218 Å². The van der Waals surface area contributed by atoms with E-state index >= 15 is 0 Å². The molecule has 0 radical (unpaired) electrons. The average Bonchev–Trinajstić information content (AvgIpc) is 3.34. The summed E-state index contributed by atoms with van der Waals surface area (Å²) in [5.41, 5.74) is 13.7. The van der Waals surface area contributed by atoms with Crippen LogP contribution in [0.25, 0.3) is 69.1 Å². The van der Waals surface area contributed by atoms with Crippen LogP contribution >= 0.6 is 0 Å². The number of fused-ring (bicyclic) bond motifs is 2. The SMILES string of the molecule is COc1ccc(/C(=C\c2ccccc2/C=C\c2ccc(/C=C\c3ccccc3/C=C(\c3ccc(OC)cc3)c3ccc4ccccc4c3)cc2)c2ccc3ccccc3c2)cc1. The van der Waals surface area contributed by atoms with Crippen LogP contribution in [0.5, 0.6) is 11.5 Å². The molecular formula is C60H46O2. The van der Waals surface area contributed by atoms with E-state index < -0.39 is 0 Å². The highest BCUT2D eigenvalue weighted by Gasteiger charge is 2.11. The summed E-state index contributed by atoms with van der Waals surface area (Å²) in [6.45, 7) is 0. The van der Waals surface area contributed by atoms with Gasteiger partial charge in [0.05, 0.1) is 14.2 Å². The number of hydrogen-bond acceptors (Lipinski definition) is 2. The molecule has 9 aromatic carbocycles. The number of benzene rings is 9. The molecule has 0 unspecified atom stereocenters. The van der Waals surface area contributed by atoms with Crippen molar-refractivity contribution in [2.24, 2.45) is 0 Å². The maximum Gasteiger partial charge on any atom is 0.118 e. The van der Waals surface area contributed by atoms with Crippen LogP contribution in [0.1, 0.15) is 55.6 Å². The fourth-order valence-electron chi connectivity index (χ4n) is 7.91. The molecule has 0 aliphatic heterocycles. The predicted molar refractivity (Wildman–Crippen MR) is 265 cm³/mol. The number of hydrogen-bond donors (Lipinski definition) is 0. The standard InChI is InChI=1S/C60H46O2/c1-61-57-35-31-49(32-36-57)59(55-29-27-47-13-3-7-15-51(47)39-55)41-53-17-9-5-11-45(53)25-23-43-19-21-44(22-20-43)24-26-46-12-6-10-18-54(46)42-60(50-33-37-58(62-2)38-34-50)56-30-28-48-14-4-8-16-52(48)40-56/h3-42H,1-2H3/b25-23-,26-24-,59-41+,60-42+.